The molecule has 76 heavy (non-hydrogen) atoms. The van der Waals surface area contributed by atoms with Gasteiger partial charge in [-0.1, -0.05) is 140 Å². The molecule has 0 aliphatic heterocycles. The fourth-order valence-electron chi connectivity index (χ4n) is 12.6. The Morgan fingerprint density at radius 1 is 0.526 bits per heavy atom. The molecule has 360 valence electrons. The van der Waals surface area contributed by atoms with Crippen LogP contribution in [0.4, 0.5) is 0 Å². The van der Waals surface area contributed by atoms with E-state index in [1.165, 1.54) is 72.0 Å². The van der Waals surface area contributed by atoms with Gasteiger partial charge in [0.15, 0.2) is 11.4 Å². The maximum Gasteiger partial charge on any atom is 0.180 e. The van der Waals surface area contributed by atoms with Crippen LogP contribution in [0.25, 0.3) is 129 Å². The molecule has 6 nitrogen and oxygen atoms in total. The van der Waals surface area contributed by atoms with E-state index >= 15 is 0 Å². The van der Waals surface area contributed by atoms with Gasteiger partial charge in [-0.05, 0) is 150 Å². The first-order valence-corrected chi connectivity index (χ1v) is 26.6. The van der Waals surface area contributed by atoms with E-state index in [-0.39, 0.29) is 5.92 Å². The number of hydrogen-bond acceptors (Lipinski definition) is 4. The highest BCUT2D eigenvalue weighted by atomic mass is 16.3. The van der Waals surface area contributed by atoms with Crippen LogP contribution < -0.4 is 10.6 Å². The van der Waals surface area contributed by atoms with Crippen molar-refractivity contribution in [3.05, 3.63) is 245 Å². The summed E-state index contributed by atoms with van der Waals surface area (Å²) in [5, 5.41) is 6.82. The van der Waals surface area contributed by atoms with Gasteiger partial charge < -0.3 is 18.0 Å². The van der Waals surface area contributed by atoms with Crippen LogP contribution in [0, 0.1) is 0 Å². The second-order valence-electron chi connectivity index (χ2n) is 20.6. The van der Waals surface area contributed by atoms with Gasteiger partial charge in [0.25, 0.3) is 0 Å². The molecule has 1 atom stereocenters. The van der Waals surface area contributed by atoms with Gasteiger partial charge in [0.05, 0.1) is 16.6 Å². The molecule has 8 aromatic carbocycles. The number of nitrogens with zero attached hydrogens (tertiary/aromatic N) is 4. The summed E-state index contributed by atoms with van der Waals surface area (Å²) in [4.78, 5) is 10.8. The number of furan rings is 2. The Morgan fingerprint density at radius 3 is 2.05 bits per heavy atom. The fourth-order valence-corrected chi connectivity index (χ4v) is 12.6. The Balaban J connectivity index is 0.847. The molecule has 5 heterocycles. The topological polar surface area (TPSA) is 61.9 Å². The van der Waals surface area contributed by atoms with Crippen LogP contribution in [0.5, 0.6) is 0 Å². The van der Waals surface area contributed by atoms with Crippen molar-refractivity contribution in [3.63, 3.8) is 0 Å². The van der Waals surface area contributed by atoms with E-state index < -0.39 is 0 Å². The third-order valence-electron chi connectivity index (χ3n) is 16.2. The summed E-state index contributed by atoms with van der Waals surface area (Å²) < 4.78 is 18.3. The second-order valence-corrected chi connectivity index (χ2v) is 20.6. The largest absolute Gasteiger partial charge is 0.456 e. The predicted octanol–water partition coefficient (Wildman–Crippen LogP) is 16.5. The van der Waals surface area contributed by atoms with Gasteiger partial charge in [-0.3, -0.25) is 0 Å². The average molecular weight is 977 g/mol. The summed E-state index contributed by atoms with van der Waals surface area (Å²) >= 11 is 0. The summed E-state index contributed by atoms with van der Waals surface area (Å²) in [5.41, 5.74) is 21.6. The predicted molar refractivity (Wildman–Crippen MR) is 312 cm³/mol. The molecule has 1 unspecified atom stereocenters. The van der Waals surface area contributed by atoms with Crippen molar-refractivity contribution in [2.24, 2.45) is 0 Å². The van der Waals surface area contributed by atoms with E-state index in [4.69, 9.17) is 18.8 Å². The van der Waals surface area contributed by atoms with Gasteiger partial charge in [0, 0.05) is 66.3 Å². The third kappa shape index (κ3) is 6.73. The Morgan fingerprint density at radius 2 is 1.24 bits per heavy atom. The number of allylic oxidation sites excluding steroid dienone is 5. The highest BCUT2D eigenvalue weighted by Crippen LogP contribution is 2.44. The molecule has 3 aliphatic rings. The summed E-state index contributed by atoms with van der Waals surface area (Å²) in [6.07, 6.45) is 18.4. The molecular formula is C70H48N4O2. The first-order chi connectivity index (χ1) is 37.7. The van der Waals surface area contributed by atoms with E-state index in [9.17, 15) is 0 Å². The van der Waals surface area contributed by atoms with Crippen molar-refractivity contribution >= 4 is 95.1 Å². The quantitative estimate of drug-likeness (QED) is 0.160. The average Bonchev–Trinajstić information content (AvgIpc) is 4.33. The minimum Gasteiger partial charge on any atom is -0.456 e. The maximum atomic E-state index is 6.71. The highest BCUT2D eigenvalue weighted by molar-refractivity contribution is 6.14. The van der Waals surface area contributed by atoms with Crippen molar-refractivity contribution in [2.45, 2.75) is 38.0 Å². The summed E-state index contributed by atoms with van der Waals surface area (Å²) in [6, 6.07) is 68.0. The van der Waals surface area contributed by atoms with E-state index in [2.05, 4.69) is 234 Å². The normalized spacial score (nSPS) is 15.3. The lowest BCUT2D eigenvalue weighted by molar-refractivity contribution is 0.567. The molecule has 0 N–H and O–H groups in total. The van der Waals surface area contributed by atoms with Gasteiger partial charge in [-0.15, -0.1) is 0 Å². The SMILES string of the molecule is C1=CC(c2nc(-c3cccc4oc5ccc(-c6ccc7c(c6)c6c(n7-c7ccccc7)CCC(c7ccc8c(c7)c7ccccc7n8-c7ccccc7)=C6)cc5c34)nc3c4c(oc23)=CCC(c2ccccc2)C=4)=CCC1. The zero-order valence-corrected chi connectivity index (χ0v) is 41.6. The standard InChI is InChI=1S/C70H48N4O2/c1-5-16-43(17-6-1)45-31-37-64-58(42-45)68-69(76-64)67(44-18-7-2-8-19-44)71-70(72-68)53-25-15-27-65-66(53)57-41-49(32-36-63(57)75-65)48-30-35-62-56(40-48)55-39-47(29-34-61(55)74(62)51-22-11-4-12-23-51)46-28-33-60-54(38-46)52-24-13-14-26-59(52)73(60)50-20-9-3-10-21-50/h1,3-7,9-28,30,32-33,35-42,45H,2,8,29,31,34H2. The first-order valence-electron chi connectivity index (χ1n) is 26.6. The lowest BCUT2D eigenvalue weighted by atomic mass is 9.90. The van der Waals surface area contributed by atoms with E-state index in [1.54, 1.807) is 0 Å². The molecule has 0 amide bonds. The third-order valence-corrected chi connectivity index (χ3v) is 16.2. The van der Waals surface area contributed by atoms with Crippen LogP contribution >= 0.6 is 0 Å². The van der Waals surface area contributed by atoms with Crippen molar-refractivity contribution in [2.75, 3.05) is 0 Å². The van der Waals surface area contributed by atoms with Crippen LogP contribution in [-0.2, 0) is 6.42 Å². The zero-order valence-electron chi connectivity index (χ0n) is 41.6. The Hall–Kier alpha value is -9.52. The molecule has 6 heteroatoms. The summed E-state index contributed by atoms with van der Waals surface area (Å²) in [7, 11) is 0. The van der Waals surface area contributed by atoms with Gasteiger partial charge >= 0.3 is 0 Å². The van der Waals surface area contributed by atoms with E-state index in [1.807, 2.05) is 0 Å². The first kappa shape index (κ1) is 42.9. The van der Waals surface area contributed by atoms with E-state index in [0.717, 1.165) is 104 Å². The van der Waals surface area contributed by atoms with Crippen LogP contribution in [-0.4, -0.2) is 19.1 Å². The lowest BCUT2D eigenvalue weighted by Crippen LogP contribution is -2.25. The van der Waals surface area contributed by atoms with E-state index in [0.29, 0.717) is 5.82 Å². The minimum atomic E-state index is 0.222. The Kier molecular flexibility index (Phi) is 9.61. The van der Waals surface area contributed by atoms with Crippen molar-refractivity contribution in [1.82, 2.24) is 19.1 Å². The number of aromatic nitrogens is 4. The van der Waals surface area contributed by atoms with Crippen LogP contribution in [0.2, 0.25) is 0 Å². The molecule has 0 bridgehead atoms. The number of benzene rings is 8. The molecular weight excluding hydrogens is 929 g/mol. The molecule has 0 saturated heterocycles. The van der Waals surface area contributed by atoms with Crippen molar-refractivity contribution < 1.29 is 8.83 Å². The van der Waals surface area contributed by atoms with Gasteiger partial charge in [0.1, 0.15) is 27.8 Å². The second kappa shape index (κ2) is 17.0. The molecule has 3 aliphatic carbocycles. The van der Waals surface area contributed by atoms with Gasteiger partial charge in [0.2, 0.25) is 0 Å². The Bertz CT molecular complexity index is 4780. The number of hydrogen-bond donors (Lipinski definition) is 0. The molecule has 13 aromatic rings. The van der Waals surface area contributed by atoms with Crippen molar-refractivity contribution in [3.8, 4) is 33.9 Å². The highest BCUT2D eigenvalue weighted by Gasteiger charge is 2.26. The van der Waals surface area contributed by atoms with Crippen molar-refractivity contribution in [1.29, 1.82) is 0 Å². The molecule has 5 aromatic heterocycles. The lowest BCUT2D eigenvalue weighted by Gasteiger charge is -2.18. The van der Waals surface area contributed by atoms with Crippen LogP contribution in [0.15, 0.2) is 215 Å². The van der Waals surface area contributed by atoms with Crippen LogP contribution in [0.3, 0.4) is 0 Å². The number of para-hydroxylation sites is 3. The smallest absolute Gasteiger partial charge is 0.180 e. The molecule has 16 rings (SSSR count). The van der Waals surface area contributed by atoms with Gasteiger partial charge in [-0.2, -0.15) is 0 Å². The minimum absolute atomic E-state index is 0.222. The maximum absolute atomic E-state index is 6.71. The molecule has 0 fully saturated rings. The molecule has 0 saturated carbocycles. The molecule has 0 radical (unpaired) electrons. The monoisotopic (exact) mass is 976 g/mol. The fraction of sp³-hybridized carbons (Fsp3) is 0.0857. The summed E-state index contributed by atoms with van der Waals surface area (Å²) in [5.74, 6) is 0.874. The Labute approximate surface area is 437 Å². The van der Waals surface area contributed by atoms with Gasteiger partial charge in [-0.25, -0.2) is 9.97 Å². The summed E-state index contributed by atoms with van der Waals surface area (Å²) in [6.45, 7) is 0. The molecule has 0 spiro atoms. The van der Waals surface area contributed by atoms with Crippen LogP contribution in [0.1, 0.15) is 59.7 Å². The number of fused-ring (bicyclic) bond motifs is 12. The zero-order chi connectivity index (χ0) is 49.8. The number of rotatable bonds is 7.